The summed E-state index contributed by atoms with van der Waals surface area (Å²) in [6, 6.07) is 0. The molecule has 2 rings (SSSR count). The number of aliphatic imine (C=N–C) groups is 1. The van der Waals surface area contributed by atoms with Crippen LogP contribution in [-0.2, 0) is 0 Å². The van der Waals surface area contributed by atoms with Crippen LogP contribution in [0, 0.1) is 5.92 Å². The molecule has 0 N–H and O–H groups in total. The summed E-state index contributed by atoms with van der Waals surface area (Å²) in [6.07, 6.45) is 10.3. The van der Waals surface area contributed by atoms with Crippen LogP contribution in [0.4, 0.5) is 0 Å². The highest BCUT2D eigenvalue weighted by atomic mass is 14.7. The first-order valence-corrected chi connectivity index (χ1v) is 3.51. The Labute approximate surface area is 60.5 Å². The maximum atomic E-state index is 4.26. The average Bonchev–Trinajstić information content (AvgIpc) is 2.36. The van der Waals surface area contributed by atoms with Crippen molar-refractivity contribution in [1.29, 1.82) is 0 Å². The zero-order valence-corrected chi connectivity index (χ0v) is 5.91. The van der Waals surface area contributed by atoms with E-state index in [0.717, 1.165) is 0 Å². The van der Waals surface area contributed by atoms with E-state index in [-0.39, 0.29) is 0 Å². The van der Waals surface area contributed by atoms with Gasteiger partial charge in [0.15, 0.2) is 0 Å². The van der Waals surface area contributed by atoms with E-state index in [1.165, 1.54) is 11.3 Å². The van der Waals surface area contributed by atoms with E-state index >= 15 is 0 Å². The van der Waals surface area contributed by atoms with E-state index in [2.05, 4.69) is 36.2 Å². The molecule has 0 fully saturated rings. The van der Waals surface area contributed by atoms with Gasteiger partial charge in [0.2, 0.25) is 0 Å². The largest absolute Gasteiger partial charge is 0.260 e. The molecule has 1 heterocycles. The van der Waals surface area contributed by atoms with E-state index in [4.69, 9.17) is 0 Å². The van der Waals surface area contributed by atoms with Crippen LogP contribution in [0.25, 0.3) is 0 Å². The van der Waals surface area contributed by atoms with Gasteiger partial charge in [-0.15, -0.1) is 0 Å². The highest BCUT2D eigenvalue weighted by Gasteiger charge is 2.15. The second-order valence-corrected chi connectivity index (χ2v) is 2.63. The molecule has 1 unspecified atom stereocenters. The molecule has 0 aromatic rings. The van der Waals surface area contributed by atoms with Crippen molar-refractivity contribution in [1.82, 2.24) is 0 Å². The van der Waals surface area contributed by atoms with E-state index in [9.17, 15) is 0 Å². The first kappa shape index (κ1) is 5.66. The third-order valence-corrected chi connectivity index (χ3v) is 1.87. The average molecular weight is 131 g/mol. The molecular formula is C9H9N. The van der Waals surface area contributed by atoms with E-state index in [0.29, 0.717) is 5.92 Å². The molecule has 0 saturated heterocycles. The molecule has 50 valence electrons. The maximum absolute atomic E-state index is 4.26. The Morgan fingerprint density at radius 1 is 1.50 bits per heavy atom. The third kappa shape index (κ3) is 0.670. The molecule has 10 heavy (non-hydrogen) atoms. The molecule has 0 spiro atoms. The summed E-state index contributed by atoms with van der Waals surface area (Å²) in [7, 11) is 0. The van der Waals surface area contributed by atoms with Gasteiger partial charge in [0.1, 0.15) is 0 Å². The quantitative estimate of drug-likeness (QED) is 0.477. The van der Waals surface area contributed by atoms with Crippen LogP contribution in [0.5, 0.6) is 0 Å². The molecule has 0 amide bonds. The Balaban J connectivity index is 2.45. The smallest absolute Gasteiger partial charge is 0.0542 e. The summed E-state index contributed by atoms with van der Waals surface area (Å²) >= 11 is 0. The van der Waals surface area contributed by atoms with Crippen molar-refractivity contribution in [2.24, 2.45) is 10.9 Å². The van der Waals surface area contributed by atoms with Crippen LogP contribution in [0.2, 0.25) is 0 Å². The van der Waals surface area contributed by atoms with Crippen LogP contribution < -0.4 is 0 Å². The van der Waals surface area contributed by atoms with Gasteiger partial charge >= 0.3 is 0 Å². The predicted octanol–water partition coefficient (Wildman–Crippen LogP) is 2.09. The van der Waals surface area contributed by atoms with Gasteiger partial charge in [0, 0.05) is 12.1 Å². The van der Waals surface area contributed by atoms with Crippen molar-refractivity contribution >= 4 is 5.71 Å². The topological polar surface area (TPSA) is 12.4 Å². The van der Waals surface area contributed by atoms with Crippen molar-refractivity contribution in [3.8, 4) is 0 Å². The molecule has 2 aliphatic rings. The summed E-state index contributed by atoms with van der Waals surface area (Å²) < 4.78 is 0. The minimum atomic E-state index is 0.495. The van der Waals surface area contributed by atoms with Gasteiger partial charge in [0.05, 0.1) is 5.71 Å². The molecule has 0 saturated carbocycles. The Kier molecular flexibility index (Phi) is 1.10. The van der Waals surface area contributed by atoms with Crippen molar-refractivity contribution in [2.45, 2.75) is 6.92 Å². The Bertz CT molecular complexity index is 266. The Morgan fingerprint density at radius 2 is 2.40 bits per heavy atom. The van der Waals surface area contributed by atoms with Crippen LogP contribution in [0.15, 0.2) is 41.1 Å². The number of allylic oxidation sites excluding steroid dienone is 5. The van der Waals surface area contributed by atoms with Crippen LogP contribution in [-0.4, -0.2) is 5.71 Å². The lowest BCUT2D eigenvalue weighted by Crippen LogP contribution is -2.10. The predicted molar refractivity (Wildman–Crippen MR) is 43.0 cm³/mol. The fourth-order valence-electron chi connectivity index (χ4n) is 1.30. The molecule has 1 aliphatic carbocycles. The van der Waals surface area contributed by atoms with Gasteiger partial charge in [-0.3, -0.25) is 4.99 Å². The monoisotopic (exact) mass is 131 g/mol. The summed E-state index contributed by atoms with van der Waals surface area (Å²) in [5.74, 6) is 0.495. The van der Waals surface area contributed by atoms with Gasteiger partial charge < -0.3 is 0 Å². The van der Waals surface area contributed by atoms with E-state index < -0.39 is 0 Å². The fraction of sp³-hybridized carbons (Fsp3) is 0.222. The third-order valence-electron chi connectivity index (χ3n) is 1.87. The van der Waals surface area contributed by atoms with Gasteiger partial charge in [-0.1, -0.05) is 25.2 Å². The lowest BCUT2D eigenvalue weighted by Gasteiger charge is -2.10. The summed E-state index contributed by atoms with van der Waals surface area (Å²) in [5, 5.41) is 0. The molecular weight excluding hydrogens is 122 g/mol. The van der Waals surface area contributed by atoms with Gasteiger partial charge in [0.25, 0.3) is 0 Å². The number of fused-ring (bicyclic) bond motifs is 1. The summed E-state index contributed by atoms with van der Waals surface area (Å²) in [4.78, 5) is 4.26. The van der Waals surface area contributed by atoms with E-state index in [1.54, 1.807) is 0 Å². The molecule has 0 aromatic heterocycles. The highest BCUT2D eigenvalue weighted by molar-refractivity contribution is 6.08. The minimum Gasteiger partial charge on any atom is -0.260 e. The van der Waals surface area contributed by atoms with Gasteiger partial charge in [-0.25, -0.2) is 0 Å². The second kappa shape index (κ2) is 1.94. The molecule has 1 aliphatic heterocycles. The molecule has 1 atom stereocenters. The lowest BCUT2D eigenvalue weighted by atomic mass is 9.95. The zero-order valence-electron chi connectivity index (χ0n) is 5.91. The minimum absolute atomic E-state index is 0.495. The van der Waals surface area contributed by atoms with Crippen molar-refractivity contribution in [3.05, 3.63) is 36.1 Å². The first-order chi connectivity index (χ1) is 4.88. The van der Waals surface area contributed by atoms with E-state index in [1.807, 2.05) is 6.20 Å². The second-order valence-electron chi connectivity index (χ2n) is 2.63. The molecule has 0 bridgehead atoms. The fourth-order valence-corrected chi connectivity index (χ4v) is 1.30. The number of hydrogen-bond donors (Lipinski definition) is 0. The standard InChI is InChI=1S/C9H9N/c1-7-3-2-4-8-5-6-10-9(7)8/h2-7H,1H3. The van der Waals surface area contributed by atoms with Gasteiger partial charge in [-0.2, -0.15) is 0 Å². The van der Waals surface area contributed by atoms with Crippen LogP contribution in [0.3, 0.4) is 0 Å². The Morgan fingerprint density at radius 3 is 3.20 bits per heavy atom. The molecule has 0 aromatic carbocycles. The van der Waals surface area contributed by atoms with Gasteiger partial charge in [-0.05, 0) is 11.6 Å². The SMILES string of the molecule is CC1C=CC=C2C=CN=C21. The summed E-state index contributed by atoms with van der Waals surface area (Å²) in [5.41, 5.74) is 2.48. The molecule has 1 nitrogen and oxygen atoms in total. The Hall–Kier alpha value is -1.11. The van der Waals surface area contributed by atoms with Crippen molar-refractivity contribution < 1.29 is 0 Å². The van der Waals surface area contributed by atoms with Crippen molar-refractivity contribution in [2.75, 3.05) is 0 Å². The summed E-state index contributed by atoms with van der Waals surface area (Å²) in [6.45, 7) is 2.16. The maximum Gasteiger partial charge on any atom is 0.0542 e. The first-order valence-electron chi connectivity index (χ1n) is 3.51. The molecule has 0 radical (unpaired) electrons. The van der Waals surface area contributed by atoms with Crippen LogP contribution >= 0.6 is 0 Å². The molecule has 1 heteroatoms. The normalized spacial score (nSPS) is 27.9. The lowest BCUT2D eigenvalue weighted by molar-refractivity contribution is 0.993. The van der Waals surface area contributed by atoms with Crippen molar-refractivity contribution in [3.63, 3.8) is 0 Å². The highest BCUT2D eigenvalue weighted by Crippen LogP contribution is 2.20. The number of nitrogens with zero attached hydrogens (tertiary/aromatic N) is 1. The van der Waals surface area contributed by atoms with Crippen LogP contribution in [0.1, 0.15) is 6.92 Å². The number of rotatable bonds is 0. The number of hydrogen-bond acceptors (Lipinski definition) is 1. The zero-order chi connectivity index (χ0) is 6.97.